The maximum Gasteiger partial charge on any atom is 0.340 e. The van der Waals surface area contributed by atoms with E-state index in [0.717, 1.165) is 0 Å². The molecule has 0 N–H and O–H groups in total. The minimum absolute atomic E-state index is 0.269. The van der Waals surface area contributed by atoms with Gasteiger partial charge in [-0.05, 0) is 24.6 Å². The second kappa shape index (κ2) is 7.95. The molecule has 0 bridgehead atoms. The Morgan fingerprint density at radius 3 is 2.33 bits per heavy atom. The zero-order valence-corrected chi connectivity index (χ0v) is 15.5. The average molecular weight is 367 g/mol. The highest BCUT2D eigenvalue weighted by atomic mass is 16.5. The van der Waals surface area contributed by atoms with E-state index in [0.29, 0.717) is 34.4 Å². The van der Waals surface area contributed by atoms with E-state index in [2.05, 4.69) is 0 Å². The Morgan fingerprint density at radius 2 is 1.67 bits per heavy atom. The number of fused-ring (bicyclic) bond motifs is 1. The highest BCUT2D eigenvalue weighted by Crippen LogP contribution is 2.29. The van der Waals surface area contributed by atoms with Crippen molar-refractivity contribution in [2.45, 2.75) is 19.4 Å². The maximum atomic E-state index is 13.2. The van der Waals surface area contributed by atoms with Gasteiger partial charge >= 0.3 is 5.97 Å². The molecule has 6 nitrogen and oxygen atoms in total. The van der Waals surface area contributed by atoms with Gasteiger partial charge in [-0.15, -0.1) is 0 Å². The van der Waals surface area contributed by atoms with Gasteiger partial charge in [-0.3, -0.25) is 9.36 Å². The molecule has 140 valence electrons. The van der Waals surface area contributed by atoms with Gasteiger partial charge in [-0.2, -0.15) is 0 Å². The predicted molar refractivity (Wildman–Crippen MR) is 102 cm³/mol. The van der Waals surface area contributed by atoms with Crippen LogP contribution in [-0.2, 0) is 4.74 Å². The molecule has 2 aromatic carbocycles. The molecular formula is C21H21NO5. The lowest BCUT2D eigenvalue weighted by Crippen LogP contribution is -2.31. The topological polar surface area (TPSA) is 66.8 Å². The summed E-state index contributed by atoms with van der Waals surface area (Å²) in [5.74, 6) is 0.285. The molecule has 0 amide bonds. The fraction of sp³-hybridized carbons (Fsp3) is 0.238. The first-order valence-electron chi connectivity index (χ1n) is 8.63. The van der Waals surface area contributed by atoms with Crippen molar-refractivity contribution in [3.8, 4) is 11.5 Å². The van der Waals surface area contributed by atoms with Gasteiger partial charge in [0.1, 0.15) is 0 Å². The molecule has 0 aliphatic carbocycles. The van der Waals surface area contributed by atoms with E-state index >= 15 is 0 Å². The van der Waals surface area contributed by atoms with Gasteiger partial charge in [0.05, 0.1) is 25.3 Å². The summed E-state index contributed by atoms with van der Waals surface area (Å²) in [6.07, 6.45) is 1.23. The van der Waals surface area contributed by atoms with Crippen LogP contribution in [0.2, 0.25) is 0 Å². The lowest BCUT2D eigenvalue weighted by molar-refractivity contribution is 0.0602. The summed E-state index contributed by atoms with van der Waals surface area (Å²) in [5.41, 5.74) is 0.971. The molecule has 0 spiro atoms. The molecule has 0 saturated carbocycles. The standard InChI is InChI=1S/C21H21NO5/c1-4-17(27-19-12-8-7-11-18(19)25-2)20(23)22-13-15(21(24)26-3)14-9-5-6-10-16(14)22/h5-13,17H,4H2,1-3H3/t17-/m0/s1. The van der Waals surface area contributed by atoms with E-state index in [1.807, 2.05) is 31.2 Å². The van der Waals surface area contributed by atoms with Gasteiger partial charge in [0.25, 0.3) is 5.91 Å². The van der Waals surface area contributed by atoms with Crippen molar-refractivity contribution in [2.24, 2.45) is 0 Å². The van der Waals surface area contributed by atoms with Crippen LogP contribution in [0.15, 0.2) is 54.7 Å². The third-order valence-electron chi connectivity index (χ3n) is 4.34. The fourth-order valence-corrected chi connectivity index (χ4v) is 2.97. The molecule has 1 heterocycles. The minimum atomic E-state index is -0.734. The van der Waals surface area contributed by atoms with Gasteiger partial charge in [0.15, 0.2) is 17.6 Å². The largest absolute Gasteiger partial charge is 0.493 e. The summed E-state index contributed by atoms with van der Waals surface area (Å²) in [7, 11) is 2.86. The summed E-state index contributed by atoms with van der Waals surface area (Å²) in [6, 6.07) is 14.4. The molecular weight excluding hydrogens is 346 g/mol. The smallest absolute Gasteiger partial charge is 0.340 e. The van der Waals surface area contributed by atoms with Crippen molar-refractivity contribution in [1.29, 1.82) is 0 Å². The minimum Gasteiger partial charge on any atom is -0.493 e. The third kappa shape index (κ3) is 3.51. The molecule has 3 aromatic rings. The zero-order chi connectivity index (χ0) is 19.4. The lowest BCUT2D eigenvalue weighted by atomic mass is 10.2. The number of rotatable bonds is 6. The summed E-state index contributed by atoms with van der Waals surface area (Å²) in [6.45, 7) is 1.87. The molecule has 6 heteroatoms. The Morgan fingerprint density at radius 1 is 1.00 bits per heavy atom. The Balaban J connectivity index is 2.00. The highest BCUT2D eigenvalue weighted by Gasteiger charge is 2.25. The van der Waals surface area contributed by atoms with Crippen molar-refractivity contribution >= 4 is 22.8 Å². The molecule has 27 heavy (non-hydrogen) atoms. The first-order valence-corrected chi connectivity index (χ1v) is 8.63. The van der Waals surface area contributed by atoms with Crippen LogP contribution < -0.4 is 9.47 Å². The van der Waals surface area contributed by atoms with Gasteiger partial charge in [0, 0.05) is 11.6 Å². The van der Waals surface area contributed by atoms with Crippen LogP contribution >= 0.6 is 0 Å². The van der Waals surface area contributed by atoms with Crippen LogP contribution in [0.4, 0.5) is 0 Å². The predicted octanol–water partition coefficient (Wildman–Crippen LogP) is 3.93. The number of nitrogens with zero attached hydrogens (tertiary/aromatic N) is 1. The molecule has 1 aromatic heterocycles. The van der Waals surface area contributed by atoms with Crippen molar-refractivity contribution in [3.05, 3.63) is 60.3 Å². The van der Waals surface area contributed by atoms with Gasteiger partial charge in [-0.1, -0.05) is 37.3 Å². The van der Waals surface area contributed by atoms with Crippen LogP contribution in [-0.4, -0.2) is 36.8 Å². The number of esters is 1. The van der Waals surface area contributed by atoms with Gasteiger partial charge in [0.2, 0.25) is 0 Å². The van der Waals surface area contributed by atoms with Crippen LogP contribution in [0, 0.1) is 0 Å². The zero-order valence-electron chi connectivity index (χ0n) is 15.5. The van der Waals surface area contributed by atoms with E-state index in [-0.39, 0.29) is 5.91 Å². The van der Waals surface area contributed by atoms with Crippen LogP contribution in [0.3, 0.4) is 0 Å². The fourth-order valence-electron chi connectivity index (χ4n) is 2.97. The lowest BCUT2D eigenvalue weighted by Gasteiger charge is -2.19. The number of methoxy groups -OCH3 is 2. The SMILES string of the molecule is CC[C@H](Oc1ccccc1OC)C(=O)n1cc(C(=O)OC)c2ccccc21. The molecule has 0 aliphatic rings. The molecule has 0 saturated heterocycles. The van der Waals surface area contributed by atoms with Crippen LogP contribution in [0.1, 0.15) is 28.5 Å². The maximum absolute atomic E-state index is 13.2. The number of para-hydroxylation sites is 3. The number of aromatic nitrogens is 1. The van der Waals surface area contributed by atoms with Crippen molar-refractivity contribution < 1.29 is 23.8 Å². The van der Waals surface area contributed by atoms with Crippen molar-refractivity contribution in [3.63, 3.8) is 0 Å². The number of hydrogen-bond donors (Lipinski definition) is 0. The number of ether oxygens (including phenoxy) is 3. The molecule has 0 fully saturated rings. The van der Waals surface area contributed by atoms with Gasteiger partial charge in [-0.25, -0.2) is 4.79 Å². The number of benzene rings is 2. The van der Waals surface area contributed by atoms with Crippen LogP contribution in [0.25, 0.3) is 10.9 Å². The van der Waals surface area contributed by atoms with Crippen molar-refractivity contribution in [2.75, 3.05) is 14.2 Å². The van der Waals surface area contributed by atoms with E-state index < -0.39 is 12.1 Å². The summed E-state index contributed by atoms with van der Waals surface area (Å²) in [4.78, 5) is 25.2. The molecule has 3 rings (SSSR count). The highest BCUT2D eigenvalue weighted by molar-refractivity contribution is 6.07. The van der Waals surface area contributed by atoms with E-state index in [1.54, 1.807) is 31.4 Å². The first-order chi connectivity index (χ1) is 13.1. The number of carbonyl (C=O) groups excluding carboxylic acids is 2. The average Bonchev–Trinajstić information content (AvgIpc) is 3.11. The molecule has 0 aliphatic heterocycles. The Hall–Kier alpha value is -3.28. The Bertz CT molecular complexity index is 976. The summed E-state index contributed by atoms with van der Waals surface area (Å²) in [5, 5.41) is 0.657. The number of hydrogen-bond acceptors (Lipinski definition) is 5. The van der Waals surface area contributed by atoms with E-state index in [1.165, 1.54) is 17.9 Å². The van der Waals surface area contributed by atoms with Crippen LogP contribution in [0.5, 0.6) is 11.5 Å². The molecule has 0 unspecified atom stereocenters. The second-order valence-corrected chi connectivity index (χ2v) is 5.93. The Kier molecular flexibility index (Phi) is 5.45. The molecule has 0 radical (unpaired) electrons. The summed E-state index contributed by atoms with van der Waals surface area (Å²) >= 11 is 0. The summed E-state index contributed by atoms with van der Waals surface area (Å²) < 4.78 is 17.5. The van der Waals surface area contributed by atoms with E-state index in [9.17, 15) is 9.59 Å². The van der Waals surface area contributed by atoms with Gasteiger partial charge < -0.3 is 14.2 Å². The molecule has 1 atom stereocenters. The quantitative estimate of drug-likeness (QED) is 0.618. The van der Waals surface area contributed by atoms with Crippen molar-refractivity contribution in [1.82, 2.24) is 4.57 Å². The first kappa shape index (κ1) is 18.5. The number of carbonyl (C=O) groups is 2. The third-order valence-corrected chi connectivity index (χ3v) is 4.34. The monoisotopic (exact) mass is 367 g/mol. The van der Waals surface area contributed by atoms with E-state index in [4.69, 9.17) is 14.2 Å². The second-order valence-electron chi connectivity index (χ2n) is 5.93. The normalized spacial score (nSPS) is 11.8. The Labute approximate surface area is 157 Å².